The van der Waals surface area contributed by atoms with Crippen LogP contribution in [0.3, 0.4) is 0 Å². The number of hydrogen-bond acceptors (Lipinski definition) is 2. The molecule has 0 radical (unpaired) electrons. The lowest BCUT2D eigenvalue weighted by atomic mass is 10.1. The molecule has 0 fully saturated rings. The summed E-state index contributed by atoms with van der Waals surface area (Å²) in [7, 11) is 0. The topological polar surface area (TPSA) is 29.3 Å². The van der Waals surface area contributed by atoms with Crippen molar-refractivity contribution in [2.75, 3.05) is 11.4 Å². The first-order chi connectivity index (χ1) is 9.52. The summed E-state index contributed by atoms with van der Waals surface area (Å²) in [5.41, 5.74) is 11.5. The van der Waals surface area contributed by atoms with E-state index in [1.165, 1.54) is 11.1 Å². The quantitative estimate of drug-likeness (QED) is 0.857. The van der Waals surface area contributed by atoms with Gasteiger partial charge in [-0.3, -0.25) is 0 Å². The van der Waals surface area contributed by atoms with Gasteiger partial charge in [-0.15, -0.1) is 0 Å². The van der Waals surface area contributed by atoms with E-state index in [4.69, 9.17) is 18.0 Å². The minimum atomic E-state index is 0.436. The molecule has 0 saturated heterocycles. The second-order valence-electron chi connectivity index (χ2n) is 4.97. The molecule has 0 aliphatic carbocycles. The van der Waals surface area contributed by atoms with Crippen molar-refractivity contribution in [2.45, 2.75) is 20.8 Å². The molecular weight excluding hydrogens is 264 g/mol. The Morgan fingerprint density at radius 2 is 1.80 bits per heavy atom. The molecule has 20 heavy (non-hydrogen) atoms. The molecule has 0 spiro atoms. The lowest BCUT2D eigenvalue weighted by molar-refractivity contribution is 1.02. The van der Waals surface area contributed by atoms with Crippen molar-refractivity contribution >= 4 is 28.6 Å². The van der Waals surface area contributed by atoms with Crippen LogP contribution in [0.1, 0.15) is 23.6 Å². The van der Waals surface area contributed by atoms with E-state index in [0.29, 0.717) is 4.99 Å². The SMILES string of the molecule is CCN(c1cccc(C)c1)c1cc(C)ccc1C(N)=S. The van der Waals surface area contributed by atoms with Gasteiger partial charge in [0.25, 0.3) is 0 Å². The normalized spacial score (nSPS) is 10.3. The second kappa shape index (κ2) is 6.06. The second-order valence-corrected chi connectivity index (χ2v) is 5.41. The van der Waals surface area contributed by atoms with E-state index in [2.05, 4.69) is 56.0 Å². The van der Waals surface area contributed by atoms with Crippen LogP contribution in [-0.2, 0) is 0 Å². The smallest absolute Gasteiger partial charge is 0.106 e. The molecule has 0 amide bonds. The number of hydrogen-bond donors (Lipinski definition) is 1. The Morgan fingerprint density at radius 1 is 1.10 bits per heavy atom. The van der Waals surface area contributed by atoms with Crippen LogP contribution >= 0.6 is 12.2 Å². The number of nitrogens with zero attached hydrogens (tertiary/aromatic N) is 1. The highest BCUT2D eigenvalue weighted by Gasteiger charge is 2.13. The summed E-state index contributed by atoms with van der Waals surface area (Å²) in [4.78, 5) is 2.68. The van der Waals surface area contributed by atoms with Gasteiger partial charge in [0.05, 0.1) is 5.69 Å². The highest BCUT2D eigenvalue weighted by atomic mass is 32.1. The van der Waals surface area contributed by atoms with Crippen LogP contribution in [0.25, 0.3) is 0 Å². The largest absolute Gasteiger partial charge is 0.389 e. The summed E-state index contributed by atoms with van der Waals surface area (Å²) in [6, 6.07) is 14.6. The summed E-state index contributed by atoms with van der Waals surface area (Å²) in [6.45, 7) is 7.18. The monoisotopic (exact) mass is 284 g/mol. The van der Waals surface area contributed by atoms with E-state index in [0.717, 1.165) is 23.5 Å². The van der Waals surface area contributed by atoms with Gasteiger partial charge < -0.3 is 10.6 Å². The molecule has 0 aromatic heterocycles. The number of nitrogens with two attached hydrogens (primary N) is 1. The predicted octanol–water partition coefficient (Wildman–Crippen LogP) is 4.10. The average molecular weight is 284 g/mol. The van der Waals surface area contributed by atoms with Crippen LogP contribution in [-0.4, -0.2) is 11.5 Å². The molecule has 0 aliphatic heterocycles. The summed E-state index contributed by atoms with van der Waals surface area (Å²) in [5, 5.41) is 0. The van der Waals surface area contributed by atoms with Crippen molar-refractivity contribution < 1.29 is 0 Å². The van der Waals surface area contributed by atoms with E-state index in [1.54, 1.807) is 0 Å². The van der Waals surface area contributed by atoms with Crippen molar-refractivity contribution in [3.8, 4) is 0 Å². The first-order valence-electron chi connectivity index (χ1n) is 6.77. The minimum absolute atomic E-state index is 0.436. The Hall–Kier alpha value is -1.87. The Labute approximate surface area is 126 Å². The fourth-order valence-electron chi connectivity index (χ4n) is 2.36. The molecule has 0 saturated carbocycles. The Bertz CT molecular complexity index is 635. The Morgan fingerprint density at radius 3 is 2.40 bits per heavy atom. The van der Waals surface area contributed by atoms with Crippen molar-refractivity contribution in [2.24, 2.45) is 5.73 Å². The van der Waals surface area contributed by atoms with Gasteiger partial charge in [0, 0.05) is 17.8 Å². The zero-order valence-electron chi connectivity index (χ0n) is 12.2. The molecule has 2 nitrogen and oxygen atoms in total. The molecule has 0 bridgehead atoms. The van der Waals surface area contributed by atoms with Crippen molar-refractivity contribution in [3.05, 3.63) is 59.2 Å². The lowest BCUT2D eigenvalue weighted by Crippen LogP contribution is -2.21. The molecular formula is C17H20N2S. The highest BCUT2D eigenvalue weighted by molar-refractivity contribution is 7.80. The zero-order valence-corrected chi connectivity index (χ0v) is 13.0. The third-order valence-corrected chi connectivity index (χ3v) is 3.56. The number of thiocarbonyl (C=S) groups is 1. The summed E-state index contributed by atoms with van der Waals surface area (Å²) < 4.78 is 0. The van der Waals surface area contributed by atoms with Crippen LogP contribution in [0, 0.1) is 13.8 Å². The van der Waals surface area contributed by atoms with Gasteiger partial charge in [0.1, 0.15) is 4.99 Å². The van der Waals surface area contributed by atoms with Crippen molar-refractivity contribution in [1.82, 2.24) is 0 Å². The van der Waals surface area contributed by atoms with Crippen LogP contribution in [0.2, 0.25) is 0 Å². The molecule has 0 heterocycles. The van der Waals surface area contributed by atoms with Gasteiger partial charge in [-0.2, -0.15) is 0 Å². The number of benzene rings is 2. The maximum Gasteiger partial charge on any atom is 0.106 e. The number of anilines is 2. The fourth-order valence-corrected chi connectivity index (χ4v) is 2.53. The number of aryl methyl sites for hydroxylation is 2. The molecule has 2 aromatic rings. The summed E-state index contributed by atoms with van der Waals surface area (Å²) in [5.74, 6) is 0. The number of rotatable bonds is 4. The van der Waals surface area contributed by atoms with Crippen molar-refractivity contribution in [3.63, 3.8) is 0 Å². The molecule has 0 unspecified atom stereocenters. The lowest BCUT2D eigenvalue weighted by Gasteiger charge is -2.26. The van der Waals surface area contributed by atoms with E-state index in [-0.39, 0.29) is 0 Å². The molecule has 0 aliphatic rings. The van der Waals surface area contributed by atoms with Gasteiger partial charge in [0.15, 0.2) is 0 Å². The van der Waals surface area contributed by atoms with Crippen LogP contribution < -0.4 is 10.6 Å². The fraction of sp³-hybridized carbons (Fsp3) is 0.235. The molecule has 2 aromatic carbocycles. The summed E-state index contributed by atoms with van der Waals surface area (Å²) in [6.07, 6.45) is 0. The molecule has 3 heteroatoms. The van der Waals surface area contributed by atoms with E-state index >= 15 is 0 Å². The van der Waals surface area contributed by atoms with E-state index in [1.807, 2.05) is 12.1 Å². The van der Waals surface area contributed by atoms with Crippen LogP contribution in [0.5, 0.6) is 0 Å². The summed E-state index contributed by atoms with van der Waals surface area (Å²) >= 11 is 5.19. The Kier molecular flexibility index (Phi) is 4.40. The van der Waals surface area contributed by atoms with Gasteiger partial charge >= 0.3 is 0 Å². The Balaban J connectivity index is 2.57. The third kappa shape index (κ3) is 2.99. The van der Waals surface area contributed by atoms with Gasteiger partial charge in [-0.1, -0.05) is 30.4 Å². The maximum atomic E-state index is 5.87. The van der Waals surface area contributed by atoms with E-state index < -0.39 is 0 Å². The molecule has 2 rings (SSSR count). The van der Waals surface area contributed by atoms with E-state index in [9.17, 15) is 0 Å². The highest BCUT2D eigenvalue weighted by Crippen LogP contribution is 2.30. The van der Waals surface area contributed by atoms with Gasteiger partial charge in [-0.05, 0) is 56.2 Å². The van der Waals surface area contributed by atoms with Gasteiger partial charge in [0.2, 0.25) is 0 Å². The standard InChI is InChI=1S/C17H20N2S/c1-4-19(14-7-5-6-12(2)10-14)16-11-13(3)8-9-15(16)17(18)20/h5-11H,4H2,1-3H3,(H2,18,20). The van der Waals surface area contributed by atoms with Crippen LogP contribution in [0.4, 0.5) is 11.4 Å². The minimum Gasteiger partial charge on any atom is -0.389 e. The first-order valence-corrected chi connectivity index (χ1v) is 7.18. The molecule has 0 atom stereocenters. The molecule has 104 valence electrons. The maximum absolute atomic E-state index is 5.87. The van der Waals surface area contributed by atoms with Crippen LogP contribution in [0.15, 0.2) is 42.5 Å². The van der Waals surface area contributed by atoms with Gasteiger partial charge in [-0.25, -0.2) is 0 Å². The van der Waals surface area contributed by atoms with Crippen molar-refractivity contribution in [1.29, 1.82) is 0 Å². The zero-order chi connectivity index (χ0) is 14.7. The predicted molar refractivity (Wildman–Crippen MR) is 90.9 cm³/mol. The first kappa shape index (κ1) is 14.5. The average Bonchev–Trinajstić information content (AvgIpc) is 2.39. The third-order valence-electron chi connectivity index (χ3n) is 3.34. The molecule has 2 N–H and O–H groups in total.